The third-order valence-corrected chi connectivity index (χ3v) is 4.59. The molecule has 102 valence electrons. The fraction of sp³-hybridized carbons (Fsp3) is 0.538. The number of hydrogen-bond acceptors (Lipinski definition) is 3. The van der Waals surface area contributed by atoms with Crippen molar-refractivity contribution in [1.29, 1.82) is 0 Å². The zero-order chi connectivity index (χ0) is 14.0. The van der Waals surface area contributed by atoms with Crippen LogP contribution in [0.3, 0.4) is 0 Å². The van der Waals surface area contributed by atoms with Crippen LogP contribution in [0.4, 0.5) is 5.69 Å². The third kappa shape index (κ3) is 3.46. The second kappa shape index (κ2) is 5.28. The quantitative estimate of drug-likeness (QED) is 0.883. The number of hydrogen-bond donors (Lipinski definition) is 2. The van der Waals surface area contributed by atoms with Gasteiger partial charge in [-0.3, -0.25) is 0 Å². The molecule has 2 N–H and O–H groups in total. The highest BCUT2D eigenvalue weighted by atomic mass is 32.2. The summed E-state index contributed by atoms with van der Waals surface area (Å²) < 4.78 is 26.1. The van der Waals surface area contributed by atoms with Crippen LogP contribution in [-0.4, -0.2) is 21.5 Å². The van der Waals surface area contributed by atoms with Crippen LogP contribution in [0.1, 0.15) is 27.7 Å². The van der Waals surface area contributed by atoms with E-state index >= 15 is 0 Å². The Bertz CT molecular complexity index is 504. The summed E-state index contributed by atoms with van der Waals surface area (Å²) >= 11 is 0. The summed E-state index contributed by atoms with van der Waals surface area (Å²) in [7, 11) is -2.02. The first-order valence-corrected chi connectivity index (χ1v) is 7.46. The Morgan fingerprint density at radius 3 is 2.22 bits per heavy atom. The molecule has 1 aromatic rings. The van der Waals surface area contributed by atoms with Crippen LogP contribution in [0.15, 0.2) is 29.2 Å². The van der Waals surface area contributed by atoms with Crippen molar-refractivity contribution in [2.45, 2.75) is 38.6 Å². The van der Waals surface area contributed by atoms with Crippen molar-refractivity contribution in [3.05, 3.63) is 24.3 Å². The standard InChI is InChI=1S/C13H22N2O2S/c1-10(13(2,3)4)15-11-8-6-7-9-12(11)18(16,17)14-5/h6-10,14-15H,1-5H3. The molecule has 0 heterocycles. The molecule has 0 aliphatic rings. The number of rotatable bonds is 4. The first-order valence-electron chi connectivity index (χ1n) is 5.97. The van der Waals surface area contributed by atoms with Crippen molar-refractivity contribution < 1.29 is 8.42 Å². The second-order valence-corrected chi connectivity index (χ2v) is 7.29. The maximum Gasteiger partial charge on any atom is 0.242 e. The Morgan fingerprint density at radius 1 is 1.17 bits per heavy atom. The molecule has 18 heavy (non-hydrogen) atoms. The van der Waals surface area contributed by atoms with Gasteiger partial charge in [0.1, 0.15) is 4.90 Å². The van der Waals surface area contributed by atoms with Crippen LogP contribution in [0.25, 0.3) is 0 Å². The van der Waals surface area contributed by atoms with Gasteiger partial charge in [-0.05, 0) is 31.5 Å². The van der Waals surface area contributed by atoms with E-state index in [1.807, 2.05) is 13.0 Å². The van der Waals surface area contributed by atoms with Crippen molar-refractivity contribution >= 4 is 15.7 Å². The van der Waals surface area contributed by atoms with Crippen molar-refractivity contribution in [2.75, 3.05) is 12.4 Å². The largest absolute Gasteiger partial charge is 0.381 e. The molecule has 1 atom stereocenters. The summed E-state index contributed by atoms with van der Waals surface area (Å²) in [5.41, 5.74) is 0.686. The average molecular weight is 270 g/mol. The van der Waals surface area contributed by atoms with Gasteiger partial charge in [-0.25, -0.2) is 13.1 Å². The highest BCUT2D eigenvalue weighted by molar-refractivity contribution is 7.89. The Labute approximate surface area is 110 Å². The SMILES string of the molecule is CNS(=O)(=O)c1ccccc1NC(C)C(C)(C)C. The Morgan fingerprint density at radius 2 is 1.72 bits per heavy atom. The Balaban J connectivity index is 3.12. The molecule has 1 aromatic carbocycles. The zero-order valence-corrected chi connectivity index (χ0v) is 12.4. The molecule has 0 saturated heterocycles. The molecular formula is C13H22N2O2S. The summed E-state index contributed by atoms with van der Waals surface area (Å²) in [5, 5.41) is 3.27. The molecule has 1 rings (SSSR count). The summed E-state index contributed by atoms with van der Waals surface area (Å²) in [6.07, 6.45) is 0. The van der Waals surface area contributed by atoms with Gasteiger partial charge in [0.2, 0.25) is 10.0 Å². The van der Waals surface area contributed by atoms with Gasteiger partial charge < -0.3 is 5.32 Å². The van der Waals surface area contributed by atoms with Crippen molar-refractivity contribution in [1.82, 2.24) is 4.72 Å². The number of sulfonamides is 1. The van der Waals surface area contributed by atoms with E-state index in [1.54, 1.807) is 18.2 Å². The van der Waals surface area contributed by atoms with Crippen LogP contribution in [0.2, 0.25) is 0 Å². The van der Waals surface area contributed by atoms with Crippen LogP contribution in [-0.2, 0) is 10.0 Å². The number of benzene rings is 1. The van der Waals surface area contributed by atoms with Gasteiger partial charge in [0, 0.05) is 6.04 Å². The summed E-state index contributed by atoms with van der Waals surface area (Å²) in [6.45, 7) is 8.38. The number of anilines is 1. The molecule has 0 bridgehead atoms. The number of para-hydroxylation sites is 1. The molecule has 0 aromatic heterocycles. The number of nitrogens with one attached hydrogen (secondary N) is 2. The lowest BCUT2D eigenvalue weighted by molar-refractivity contribution is 0.359. The Kier molecular flexibility index (Phi) is 4.40. The maximum absolute atomic E-state index is 11.9. The summed E-state index contributed by atoms with van der Waals surface area (Å²) in [6, 6.07) is 7.09. The van der Waals surface area contributed by atoms with Crippen molar-refractivity contribution in [2.24, 2.45) is 5.41 Å². The lowest BCUT2D eigenvalue weighted by Gasteiger charge is -2.29. The van der Waals surface area contributed by atoms with Gasteiger partial charge in [-0.1, -0.05) is 32.9 Å². The third-order valence-electron chi connectivity index (χ3n) is 3.12. The molecule has 5 heteroatoms. The van der Waals surface area contributed by atoms with Crippen LogP contribution < -0.4 is 10.0 Å². The molecule has 4 nitrogen and oxygen atoms in total. The molecule has 0 aliphatic carbocycles. The molecule has 0 saturated carbocycles. The fourth-order valence-electron chi connectivity index (χ4n) is 1.38. The first-order chi connectivity index (χ1) is 8.18. The Hall–Kier alpha value is -1.07. The van der Waals surface area contributed by atoms with E-state index in [2.05, 4.69) is 30.8 Å². The molecular weight excluding hydrogens is 248 g/mol. The predicted octanol–water partition coefficient (Wildman–Crippen LogP) is 2.44. The average Bonchev–Trinajstić information content (AvgIpc) is 2.28. The monoisotopic (exact) mass is 270 g/mol. The minimum Gasteiger partial charge on any atom is -0.381 e. The zero-order valence-electron chi connectivity index (χ0n) is 11.6. The lowest BCUT2D eigenvalue weighted by atomic mass is 9.88. The highest BCUT2D eigenvalue weighted by Gasteiger charge is 2.23. The predicted molar refractivity (Wildman–Crippen MR) is 75.2 cm³/mol. The lowest BCUT2D eigenvalue weighted by Crippen LogP contribution is -2.32. The van der Waals surface area contributed by atoms with E-state index in [0.29, 0.717) is 5.69 Å². The topological polar surface area (TPSA) is 58.2 Å². The van der Waals surface area contributed by atoms with E-state index in [-0.39, 0.29) is 16.4 Å². The van der Waals surface area contributed by atoms with Crippen molar-refractivity contribution in [3.63, 3.8) is 0 Å². The highest BCUT2D eigenvalue weighted by Crippen LogP contribution is 2.26. The second-order valence-electron chi connectivity index (χ2n) is 5.44. The van der Waals surface area contributed by atoms with E-state index < -0.39 is 10.0 Å². The molecule has 0 radical (unpaired) electrons. The van der Waals surface area contributed by atoms with E-state index in [9.17, 15) is 8.42 Å². The van der Waals surface area contributed by atoms with Crippen LogP contribution in [0, 0.1) is 5.41 Å². The smallest absolute Gasteiger partial charge is 0.242 e. The molecule has 0 aliphatic heterocycles. The molecule has 0 amide bonds. The van der Waals surface area contributed by atoms with E-state index in [1.165, 1.54) is 7.05 Å². The summed E-state index contributed by atoms with van der Waals surface area (Å²) in [4.78, 5) is 0.281. The van der Waals surface area contributed by atoms with Crippen LogP contribution in [0.5, 0.6) is 0 Å². The van der Waals surface area contributed by atoms with Gasteiger partial charge >= 0.3 is 0 Å². The van der Waals surface area contributed by atoms with Gasteiger partial charge in [-0.15, -0.1) is 0 Å². The van der Waals surface area contributed by atoms with Gasteiger partial charge in [0.05, 0.1) is 5.69 Å². The maximum atomic E-state index is 11.9. The van der Waals surface area contributed by atoms with E-state index in [0.717, 1.165) is 0 Å². The van der Waals surface area contributed by atoms with Crippen molar-refractivity contribution in [3.8, 4) is 0 Å². The van der Waals surface area contributed by atoms with Gasteiger partial charge in [0.15, 0.2) is 0 Å². The first kappa shape index (κ1) is 15.0. The molecule has 1 unspecified atom stereocenters. The fourth-order valence-corrected chi connectivity index (χ4v) is 2.27. The van der Waals surface area contributed by atoms with Gasteiger partial charge in [-0.2, -0.15) is 0 Å². The summed E-state index contributed by atoms with van der Waals surface area (Å²) in [5.74, 6) is 0. The van der Waals surface area contributed by atoms with E-state index in [4.69, 9.17) is 0 Å². The minimum atomic E-state index is -3.43. The normalized spacial score (nSPS) is 14.3. The van der Waals surface area contributed by atoms with Crippen LogP contribution >= 0.6 is 0 Å². The minimum absolute atomic E-state index is 0.0521. The molecule has 0 spiro atoms. The molecule has 0 fully saturated rings. The van der Waals surface area contributed by atoms with Gasteiger partial charge in [0.25, 0.3) is 0 Å².